The third kappa shape index (κ3) is 4.46. The van der Waals surface area contributed by atoms with Crippen LogP contribution in [0, 0.1) is 18.9 Å². The van der Waals surface area contributed by atoms with Crippen molar-refractivity contribution in [3.63, 3.8) is 0 Å². The molecule has 2 rings (SSSR count). The lowest BCUT2D eigenvalue weighted by atomic mass is 9.79. The van der Waals surface area contributed by atoms with E-state index in [9.17, 15) is 4.79 Å². The van der Waals surface area contributed by atoms with Gasteiger partial charge in [0.25, 0.3) is 0 Å². The summed E-state index contributed by atoms with van der Waals surface area (Å²) in [5.41, 5.74) is 0. The van der Waals surface area contributed by atoms with Gasteiger partial charge in [0.2, 0.25) is 0 Å². The van der Waals surface area contributed by atoms with E-state index in [0.29, 0.717) is 13.2 Å². The Balaban J connectivity index is 1.69. The van der Waals surface area contributed by atoms with Crippen LogP contribution in [-0.2, 0) is 9.53 Å². The van der Waals surface area contributed by atoms with Crippen molar-refractivity contribution in [3.05, 3.63) is 7.05 Å². The molecular formula is C15H27N2O2-. The SMILES string of the molecule is [CH2-]N1CCC(C2CCN(CC(=O)OCC)CC2)CC1. The summed E-state index contributed by atoms with van der Waals surface area (Å²) >= 11 is 0. The van der Waals surface area contributed by atoms with Gasteiger partial charge >= 0.3 is 5.97 Å². The Morgan fingerprint density at radius 2 is 1.63 bits per heavy atom. The maximum Gasteiger partial charge on any atom is 0.320 e. The minimum Gasteiger partial charge on any atom is -0.465 e. The first-order valence-corrected chi connectivity index (χ1v) is 7.62. The van der Waals surface area contributed by atoms with Crippen LogP contribution in [0.3, 0.4) is 0 Å². The number of carbonyl (C=O) groups is 1. The number of nitrogens with zero attached hydrogens (tertiary/aromatic N) is 2. The molecule has 0 amide bonds. The van der Waals surface area contributed by atoms with Crippen molar-refractivity contribution in [1.29, 1.82) is 0 Å². The molecule has 0 aromatic rings. The molecule has 2 aliphatic rings. The molecule has 2 heterocycles. The Labute approximate surface area is 117 Å². The molecule has 0 atom stereocenters. The van der Waals surface area contributed by atoms with Crippen LogP contribution in [0.25, 0.3) is 0 Å². The van der Waals surface area contributed by atoms with Gasteiger partial charge in [-0.15, -0.1) is 0 Å². The van der Waals surface area contributed by atoms with Crippen LogP contribution in [0.5, 0.6) is 0 Å². The summed E-state index contributed by atoms with van der Waals surface area (Å²) in [6.45, 7) is 7.21. The molecule has 2 saturated heterocycles. The fraction of sp³-hybridized carbons (Fsp3) is 0.867. The number of ether oxygens (including phenoxy) is 1. The molecule has 0 radical (unpaired) electrons. The van der Waals surface area contributed by atoms with Gasteiger partial charge in [-0.2, -0.15) is 0 Å². The number of rotatable bonds is 4. The molecule has 0 aromatic heterocycles. The molecular weight excluding hydrogens is 240 g/mol. The van der Waals surface area contributed by atoms with Crippen LogP contribution in [-0.4, -0.2) is 55.1 Å². The maximum absolute atomic E-state index is 11.5. The Kier molecular flexibility index (Phi) is 5.64. The highest BCUT2D eigenvalue weighted by Crippen LogP contribution is 2.32. The predicted molar refractivity (Wildman–Crippen MR) is 75.5 cm³/mol. The monoisotopic (exact) mass is 267 g/mol. The molecule has 0 N–H and O–H groups in total. The Hall–Kier alpha value is -0.610. The number of carbonyl (C=O) groups excluding carboxylic acids is 1. The zero-order chi connectivity index (χ0) is 13.7. The predicted octanol–water partition coefficient (Wildman–Crippen LogP) is 1.77. The lowest BCUT2D eigenvalue weighted by molar-refractivity contribution is -0.144. The first kappa shape index (κ1) is 14.8. The quantitative estimate of drug-likeness (QED) is 0.574. The Bertz CT molecular complexity index is 280. The number of piperidine rings is 2. The minimum absolute atomic E-state index is 0.0775. The summed E-state index contributed by atoms with van der Waals surface area (Å²) < 4.78 is 5.01. The van der Waals surface area contributed by atoms with E-state index in [-0.39, 0.29) is 5.97 Å². The van der Waals surface area contributed by atoms with Gasteiger partial charge in [0.05, 0.1) is 13.2 Å². The molecule has 0 saturated carbocycles. The van der Waals surface area contributed by atoms with Crippen molar-refractivity contribution in [1.82, 2.24) is 9.80 Å². The van der Waals surface area contributed by atoms with Crippen molar-refractivity contribution >= 4 is 5.97 Å². The van der Waals surface area contributed by atoms with Crippen LogP contribution < -0.4 is 0 Å². The molecule has 0 aliphatic carbocycles. The summed E-state index contributed by atoms with van der Waals surface area (Å²) in [6, 6.07) is 0. The number of likely N-dealkylation sites (tertiary alicyclic amines) is 2. The number of hydrogen-bond donors (Lipinski definition) is 0. The van der Waals surface area contributed by atoms with Gasteiger partial charge in [-0.3, -0.25) is 16.7 Å². The van der Waals surface area contributed by atoms with Crippen molar-refractivity contribution in [2.45, 2.75) is 32.6 Å². The van der Waals surface area contributed by atoms with Crippen molar-refractivity contribution in [2.75, 3.05) is 39.3 Å². The topological polar surface area (TPSA) is 32.8 Å². The molecule has 0 unspecified atom stereocenters. The van der Waals surface area contributed by atoms with Crippen LogP contribution in [0.1, 0.15) is 32.6 Å². The van der Waals surface area contributed by atoms with Crippen LogP contribution >= 0.6 is 0 Å². The molecule has 0 bridgehead atoms. The van der Waals surface area contributed by atoms with Gasteiger partial charge in [0, 0.05) is 0 Å². The van der Waals surface area contributed by atoms with E-state index >= 15 is 0 Å². The van der Waals surface area contributed by atoms with Crippen molar-refractivity contribution in [2.24, 2.45) is 11.8 Å². The first-order valence-electron chi connectivity index (χ1n) is 7.62. The second-order valence-electron chi connectivity index (χ2n) is 5.87. The average Bonchev–Trinajstić information content (AvgIpc) is 2.41. The number of hydrogen-bond acceptors (Lipinski definition) is 4. The van der Waals surface area contributed by atoms with E-state index in [1.165, 1.54) is 25.7 Å². The summed E-state index contributed by atoms with van der Waals surface area (Å²) in [7, 11) is 4.01. The second-order valence-corrected chi connectivity index (χ2v) is 5.87. The van der Waals surface area contributed by atoms with E-state index < -0.39 is 0 Å². The zero-order valence-corrected chi connectivity index (χ0v) is 12.1. The van der Waals surface area contributed by atoms with Gasteiger partial charge in [-0.1, -0.05) is 0 Å². The highest BCUT2D eigenvalue weighted by Gasteiger charge is 2.28. The first-order chi connectivity index (χ1) is 9.19. The highest BCUT2D eigenvalue weighted by atomic mass is 16.5. The van der Waals surface area contributed by atoms with Gasteiger partial charge in [-0.25, -0.2) is 0 Å². The molecule has 110 valence electrons. The van der Waals surface area contributed by atoms with E-state index in [4.69, 9.17) is 4.74 Å². The zero-order valence-electron chi connectivity index (χ0n) is 12.1. The van der Waals surface area contributed by atoms with Gasteiger partial charge in [0.1, 0.15) is 0 Å². The largest absolute Gasteiger partial charge is 0.465 e. The van der Waals surface area contributed by atoms with E-state index in [1.54, 1.807) is 0 Å². The van der Waals surface area contributed by atoms with Crippen molar-refractivity contribution in [3.8, 4) is 0 Å². The van der Waals surface area contributed by atoms with E-state index in [2.05, 4.69) is 16.8 Å². The van der Waals surface area contributed by atoms with Gasteiger partial charge in [-0.05, 0) is 70.6 Å². The van der Waals surface area contributed by atoms with Crippen LogP contribution in [0.15, 0.2) is 0 Å². The van der Waals surface area contributed by atoms with E-state index in [0.717, 1.165) is 38.0 Å². The summed E-state index contributed by atoms with van der Waals surface area (Å²) in [5.74, 6) is 1.65. The molecule has 2 aliphatic heterocycles. The smallest absolute Gasteiger partial charge is 0.320 e. The fourth-order valence-electron chi connectivity index (χ4n) is 3.40. The molecule has 0 spiro atoms. The van der Waals surface area contributed by atoms with E-state index in [1.807, 2.05) is 6.92 Å². The molecule has 19 heavy (non-hydrogen) atoms. The standard InChI is InChI=1S/C15H27N2O2/c1-3-19-15(18)12-17-10-6-14(7-11-17)13-4-8-16(2)9-5-13/h13-14H,2-12H2,1H3/q-1. The Morgan fingerprint density at radius 3 is 2.16 bits per heavy atom. The lowest BCUT2D eigenvalue weighted by Gasteiger charge is -2.41. The summed E-state index contributed by atoms with van der Waals surface area (Å²) in [4.78, 5) is 15.9. The van der Waals surface area contributed by atoms with Gasteiger partial charge < -0.3 is 9.64 Å². The summed E-state index contributed by atoms with van der Waals surface area (Å²) in [6.07, 6.45) is 5.07. The van der Waals surface area contributed by atoms with Crippen LogP contribution in [0.2, 0.25) is 0 Å². The highest BCUT2D eigenvalue weighted by molar-refractivity contribution is 5.71. The average molecular weight is 267 g/mol. The molecule has 4 heteroatoms. The molecule has 0 aromatic carbocycles. The molecule has 2 fully saturated rings. The lowest BCUT2D eigenvalue weighted by Crippen LogP contribution is -2.41. The fourth-order valence-corrected chi connectivity index (χ4v) is 3.40. The van der Waals surface area contributed by atoms with Crippen molar-refractivity contribution < 1.29 is 9.53 Å². The third-order valence-electron chi connectivity index (χ3n) is 4.59. The van der Waals surface area contributed by atoms with Gasteiger partial charge in [0.15, 0.2) is 0 Å². The minimum atomic E-state index is -0.0775. The normalized spacial score (nSPS) is 24.5. The Morgan fingerprint density at radius 1 is 1.11 bits per heavy atom. The molecule has 4 nitrogen and oxygen atoms in total. The maximum atomic E-state index is 11.5. The third-order valence-corrected chi connectivity index (χ3v) is 4.59. The second kappa shape index (κ2) is 7.25. The van der Waals surface area contributed by atoms with Crippen LogP contribution in [0.4, 0.5) is 0 Å². The number of esters is 1. The summed E-state index contributed by atoms with van der Waals surface area (Å²) in [5, 5.41) is 0.